The molecule has 5 heteroatoms. The number of hydrogen-bond acceptors (Lipinski definition) is 3. The zero-order valence-corrected chi connectivity index (χ0v) is 2.60. The van der Waals surface area contributed by atoms with Gasteiger partial charge in [-0.3, -0.25) is 0 Å². The summed E-state index contributed by atoms with van der Waals surface area (Å²) in [5.41, 5.74) is 0. The van der Waals surface area contributed by atoms with E-state index in [1.54, 1.807) is 0 Å². The Morgan fingerprint density at radius 1 is 1.50 bits per heavy atom. The molecule has 1 N–H and O–H groups in total. The van der Waals surface area contributed by atoms with Gasteiger partial charge in [0.05, 0.1) is 0 Å². The van der Waals surface area contributed by atoms with E-state index >= 15 is 0 Å². The van der Waals surface area contributed by atoms with Crippen LogP contribution in [0.2, 0.25) is 0 Å². The molecule has 0 rings (SSSR count). The molecular weight excluding hydrogens is 98.0 g/mol. The second-order valence-electron chi connectivity index (χ2n) is 0.431. The van der Waals surface area contributed by atoms with E-state index in [0.29, 0.717) is 0 Å². The van der Waals surface area contributed by atoms with Gasteiger partial charge in [0.1, 0.15) is 0 Å². The van der Waals surface area contributed by atoms with Crippen LogP contribution < -0.4 is 0 Å². The molecule has 0 spiro atoms. The largest absolute Gasteiger partial charge is 0.374 e. The molecule has 0 aromatic carbocycles. The molecule has 0 fully saturated rings. The predicted octanol–water partition coefficient (Wildman–Crippen LogP) is 0.630. The van der Waals surface area contributed by atoms with Crippen molar-refractivity contribution in [2.24, 2.45) is 0 Å². The van der Waals surface area contributed by atoms with E-state index in [4.69, 9.17) is 5.26 Å². The number of alkyl halides is 2. The summed E-state index contributed by atoms with van der Waals surface area (Å²) in [7, 11) is 0. The van der Waals surface area contributed by atoms with Gasteiger partial charge in [-0.2, -0.15) is 8.78 Å². The van der Waals surface area contributed by atoms with Gasteiger partial charge in [-0.05, 0) is 0 Å². The fourth-order valence-corrected chi connectivity index (χ4v) is 0.0325. The maximum atomic E-state index is 10.5. The van der Waals surface area contributed by atoms with Crippen LogP contribution in [0.3, 0.4) is 0 Å². The molecule has 0 aromatic rings. The Balaban J connectivity index is 2.63. The summed E-state index contributed by atoms with van der Waals surface area (Å²) in [4.78, 5) is 2.76. The highest BCUT2D eigenvalue weighted by Crippen LogP contribution is 1.91. The molecule has 0 radical (unpaired) electrons. The summed E-state index contributed by atoms with van der Waals surface area (Å²) in [6.45, 7) is -3.07. The molecule has 0 saturated carbocycles. The first-order valence-corrected chi connectivity index (χ1v) is 1.02. The predicted molar refractivity (Wildman–Crippen MR) is 10.8 cm³/mol. The zero-order chi connectivity index (χ0) is 4.99. The molecule has 0 aliphatic heterocycles. The smallest absolute Gasteiger partial charge is 0.221 e. The molecule has 0 atom stereocenters. The van der Waals surface area contributed by atoms with Crippen molar-refractivity contribution in [2.75, 3.05) is 0 Å². The third-order valence-corrected chi connectivity index (χ3v) is 0.116. The number of rotatable bonds is 2. The van der Waals surface area contributed by atoms with Crippen LogP contribution in [0.25, 0.3) is 0 Å². The maximum absolute atomic E-state index is 10.5. The summed E-state index contributed by atoms with van der Waals surface area (Å²) in [5, 5.41) is 9.59. The Kier molecular flexibility index (Phi) is 2.82. The molecule has 6 heavy (non-hydrogen) atoms. The van der Waals surface area contributed by atoms with Crippen molar-refractivity contribution in [1.29, 1.82) is 0 Å². The molecule has 0 heterocycles. The van der Waals surface area contributed by atoms with E-state index in [1.165, 1.54) is 0 Å². The molecule has 0 unspecified atom stereocenters. The third kappa shape index (κ3) is 3.74. The first-order chi connectivity index (χ1) is 2.77. The normalized spacial score (nSPS) is 10.0. The molecule has 0 bridgehead atoms. The van der Waals surface area contributed by atoms with Gasteiger partial charge in [0.25, 0.3) is 0 Å². The zero-order valence-electron chi connectivity index (χ0n) is 2.60. The first kappa shape index (κ1) is 5.74. The van der Waals surface area contributed by atoms with Crippen LogP contribution >= 0.6 is 0 Å². The van der Waals surface area contributed by atoms with Gasteiger partial charge in [-0.15, -0.1) is 4.89 Å². The first-order valence-electron chi connectivity index (χ1n) is 1.02. The van der Waals surface area contributed by atoms with Gasteiger partial charge in [-0.1, -0.05) is 5.04 Å². The van der Waals surface area contributed by atoms with E-state index in [1.807, 2.05) is 0 Å². The number of hydrogen-bond donors (Lipinski definition) is 1. The van der Waals surface area contributed by atoms with Gasteiger partial charge in [0.2, 0.25) is 0 Å². The second kappa shape index (κ2) is 2.95. The highest BCUT2D eigenvalue weighted by atomic mass is 19.3. The Hall–Kier alpha value is -0.260. The van der Waals surface area contributed by atoms with Crippen LogP contribution in [0.1, 0.15) is 0 Å². The van der Waals surface area contributed by atoms with E-state index < -0.39 is 6.61 Å². The summed E-state index contributed by atoms with van der Waals surface area (Å²) in [6, 6.07) is 0. The second-order valence-corrected chi connectivity index (χ2v) is 0.431. The van der Waals surface area contributed by atoms with Gasteiger partial charge >= 0.3 is 6.61 Å². The molecular formula is CH2F2O3. The van der Waals surface area contributed by atoms with Crippen molar-refractivity contribution in [3.05, 3.63) is 0 Å². The SMILES string of the molecule is OOOC(F)F. The number of halogens is 2. The van der Waals surface area contributed by atoms with Crippen molar-refractivity contribution in [3.8, 4) is 0 Å². The molecule has 0 aliphatic carbocycles. The minimum atomic E-state index is -3.07. The fraction of sp³-hybridized carbons (Fsp3) is 1.00. The average Bonchev–Trinajstić information content (AvgIpc) is 1.35. The van der Waals surface area contributed by atoms with E-state index in [9.17, 15) is 8.78 Å². The van der Waals surface area contributed by atoms with Crippen LogP contribution in [-0.2, 0) is 9.93 Å². The van der Waals surface area contributed by atoms with Crippen molar-refractivity contribution in [3.63, 3.8) is 0 Å². The minimum Gasteiger partial charge on any atom is -0.221 e. The quantitative estimate of drug-likeness (QED) is 0.408. The topological polar surface area (TPSA) is 38.7 Å². The summed E-state index contributed by atoms with van der Waals surface area (Å²) < 4.78 is 21.1. The van der Waals surface area contributed by atoms with Crippen LogP contribution in [0.5, 0.6) is 0 Å². The molecule has 0 aromatic heterocycles. The van der Waals surface area contributed by atoms with Crippen molar-refractivity contribution >= 4 is 0 Å². The maximum Gasteiger partial charge on any atom is 0.374 e. The molecule has 0 aliphatic rings. The fourth-order valence-electron chi connectivity index (χ4n) is 0.0325. The van der Waals surface area contributed by atoms with Gasteiger partial charge < -0.3 is 0 Å². The molecule has 0 saturated heterocycles. The molecule has 38 valence electrons. The van der Waals surface area contributed by atoms with Gasteiger partial charge in [0.15, 0.2) is 0 Å². The molecule has 3 nitrogen and oxygen atoms in total. The monoisotopic (exact) mass is 100.0 g/mol. The minimum absolute atomic E-state index is 2.55. The van der Waals surface area contributed by atoms with Crippen molar-refractivity contribution in [1.82, 2.24) is 0 Å². The average molecular weight is 100 g/mol. The highest BCUT2D eigenvalue weighted by Gasteiger charge is 1.98. The van der Waals surface area contributed by atoms with Crippen LogP contribution in [0.4, 0.5) is 8.78 Å². The Morgan fingerprint density at radius 3 is 2.00 bits per heavy atom. The Bertz CT molecular complexity index is 30.0. The van der Waals surface area contributed by atoms with Gasteiger partial charge in [0, 0.05) is 0 Å². The van der Waals surface area contributed by atoms with Crippen molar-refractivity contribution < 1.29 is 24.0 Å². The summed E-state index contributed by atoms with van der Waals surface area (Å²) in [5.74, 6) is 0. The van der Waals surface area contributed by atoms with E-state index in [-0.39, 0.29) is 0 Å². The van der Waals surface area contributed by atoms with Crippen LogP contribution in [0, 0.1) is 0 Å². The highest BCUT2D eigenvalue weighted by molar-refractivity contribution is 3.87. The molecule has 0 amide bonds. The van der Waals surface area contributed by atoms with Crippen LogP contribution in [-0.4, -0.2) is 11.9 Å². The van der Waals surface area contributed by atoms with Crippen LogP contribution in [0.15, 0.2) is 0 Å². The lowest BCUT2D eigenvalue weighted by atomic mass is 11.5. The van der Waals surface area contributed by atoms with E-state index in [0.717, 1.165) is 0 Å². The standard InChI is InChI=1S/CH2F2O3/c2-1(3)5-6-4/h1,4H. The summed E-state index contributed by atoms with van der Waals surface area (Å²) >= 11 is 0. The lowest BCUT2D eigenvalue weighted by molar-refractivity contribution is -0.534. The van der Waals surface area contributed by atoms with E-state index in [2.05, 4.69) is 9.93 Å². The Labute approximate surface area is 32.0 Å². The van der Waals surface area contributed by atoms with Crippen molar-refractivity contribution in [2.45, 2.75) is 6.61 Å². The van der Waals surface area contributed by atoms with Gasteiger partial charge in [-0.25, -0.2) is 5.26 Å². The summed E-state index contributed by atoms with van der Waals surface area (Å²) in [6.07, 6.45) is 0. The third-order valence-electron chi connectivity index (χ3n) is 0.116. The lowest BCUT2D eigenvalue weighted by Gasteiger charge is -1.88. The lowest BCUT2D eigenvalue weighted by Crippen LogP contribution is -1.95. The Morgan fingerprint density at radius 2 is 2.00 bits per heavy atom.